The second-order valence-corrected chi connectivity index (χ2v) is 11.3. The SMILES string of the molecule is CC(C)(C)CC(C)(C)NS(=O)(=O)c1nnc(NC(=O)c2ccc(Cl)cc2)s1. The topological polar surface area (TPSA) is 101 Å². The molecule has 10 heteroatoms. The first-order valence-corrected chi connectivity index (χ1v) is 10.9. The fourth-order valence-corrected chi connectivity index (χ4v) is 5.34. The van der Waals surface area contributed by atoms with E-state index in [0.29, 0.717) is 17.0 Å². The Bertz CT molecular complexity index is 916. The fourth-order valence-electron chi connectivity index (χ4n) is 2.91. The molecule has 1 aromatic heterocycles. The molecule has 148 valence electrons. The number of carbonyl (C=O) groups excluding carboxylic acids is 1. The zero-order valence-electron chi connectivity index (χ0n) is 15.8. The number of anilines is 1. The molecule has 0 saturated heterocycles. The second-order valence-electron chi connectivity index (χ2n) is 8.06. The first-order chi connectivity index (χ1) is 12.3. The van der Waals surface area contributed by atoms with E-state index in [-0.39, 0.29) is 14.9 Å². The molecule has 0 unspecified atom stereocenters. The van der Waals surface area contributed by atoms with Gasteiger partial charge in [0.25, 0.3) is 15.9 Å². The number of hydrogen-bond acceptors (Lipinski definition) is 6. The number of aromatic nitrogens is 2. The number of amides is 1. The maximum atomic E-state index is 12.6. The standard InChI is InChI=1S/C17H23ClN4O3S2/c1-16(2,3)10-17(4,5)22-27(24,25)15-21-20-14(26-15)19-13(23)11-6-8-12(18)9-7-11/h6-9,22H,10H2,1-5H3,(H,19,20,23). The number of nitrogens with one attached hydrogen (secondary N) is 2. The van der Waals surface area contributed by atoms with Crippen molar-refractivity contribution in [1.29, 1.82) is 0 Å². The second kappa shape index (κ2) is 7.83. The summed E-state index contributed by atoms with van der Waals surface area (Å²) in [6, 6.07) is 6.31. The van der Waals surface area contributed by atoms with Crippen LogP contribution in [0.15, 0.2) is 28.6 Å². The molecule has 0 bridgehead atoms. The zero-order chi connectivity index (χ0) is 20.5. The Morgan fingerprint density at radius 2 is 1.70 bits per heavy atom. The van der Waals surface area contributed by atoms with Crippen molar-refractivity contribution in [2.45, 2.75) is 50.9 Å². The highest BCUT2D eigenvalue weighted by molar-refractivity contribution is 7.91. The van der Waals surface area contributed by atoms with Crippen LogP contribution in [0.25, 0.3) is 0 Å². The third-order valence-corrected chi connectivity index (χ3v) is 6.50. The van der Waals surface area contributed by atoms with Gasteiger partial charge in [-0.1, -0.05) is 43.7 Å². The maximum absolute atomic E-state index is 12.6. The van der Waals surface area contributed by atoms with Gasteiger partial charge in [-0.25, -0.2) is 13.1 Å². The summed E-state index contributed by atoms with van der Waals surface area (Å²) >= 11 is 6.59. The molecule has 0 spiro atoms. The minimum absolute atomic E-state index is 0.0507. The van der Waals surface area contributed by atoms with Gasteiger partial charge in [0, 0.05) is 16.1 Å². The number of halogens is 1. The Morgan fingerprint density at radius 3 is 2.26 bits per heavy atom. The summed E-state index contributed by atoms with van der Waals surface area (Å²) in [5.74, 6) is -0.423. The van der Waals surface area contributed by atoms with Crippen molar-refractivity contribution in [2.24, 2.45) is 5.41 Å². The van der Waals surface area contributed by atoms with Crippen molar-refractivity contribution in [3.8, 4) is 0 Å². The normalized spacial score (nSPS) is 12.8. The molecule has 1 heterocycles. The molecule has 0 atom stereocenters. The van der Waals surface area contributed by atoms with Crippen LogP contribution in [0.3, 0.4) is 0 Å². The van der Waals surface area contributed by atoms with Crippen LogP contribution in [-0.4, -0.2) is 30.1 Å². The van der Waals surface area contributed by atoms with E-state index in [1.165, 1.54) is 0 Å². The monoisotopic (exact) mass is 430 g/mol. The van der Waals surface area contributed by atoms with Gasteiger partial charge in [-0.2, -0.15) is 0 Å². The predicted octanol–water partition coefficient (Wildman–Crippen LogP) is 3.94. The van der Waals surface area contributed by atoms with Gasteiger partial charge in [-0.3, -0.25) is 10.1 Å². The lowest BCUT2D eigenvalue weighted by Gasteiger charge is -2.32. The van der Waals surface area contributed by atoms with Crippen molar-refractivity contribution >= 4 is 44.0 Å². The maximum Gasteiger partial charge on any atom is 0.270 e. The van der Waals surface area contributed by atoms with Gasteiger partial charge in [0.1, 0.15) is 0 Å². The van der Waals surface area contributed by atoms with E-state index >= 15 is 0 Å². The van der Waals surface area contributed by atoms with Crippen LogP contribution in [0.4, 0.5) is 5.13 Å². The third-order valence-electron chi connectivity index (χ3n) is 3.35. The number of carbonyl (C=O) groups is 1. The number of hydrogen-bond donors (Lipinski definition) is 2. The van der Waals surface area contributed by atoms with E-state index < -0.39 is 21.5 Å². The molecule has 2 N–H and O–H groups in total. The lowest BCUT2D eigenvalue weighted by molar-refractivity contribution is 0.102. The highest BCUT2D eigenvalue weighted by Crippen LogP contribution is 2.29. The van der Waals surface area contributed by atoms with Crippen molar-refractivity contribution in [2.75, 3.05) is 5.32 Å². The summed E-state index contributed by atoms with van der Waals surface area (Å²) in [6.07, 6.45) is 0.637. The fraction of sp³-hybridized carbons (Fsp3) is 0.471. The van der Waals surface area contributed by atoms with Gasteiger partial charge in [-0.15, -0.1) is 10.2 Å². The van der Waals surface area contributed by atoms with Crippen LogP contribution in [0.5, 0.6) is 0 Å². The average molecular weight is 431 g/mol. The van der Waals surface area contributed by atoms with Crippen LogP contribution < -0.4 is 10.0 Å². The van der Waals surface area contributed by atoms with Crippen molar-refractivity contribution in [3.63, 3.8) is 0 Å². The van der Waals surface area contributed by atoms with Crippen LogP contribution >= 0.6 is 22.9 Å². The molecule has 7 nitrogen and oxygen atoms in total. The van der Waals surface area contributed by atoms with Gasteiger partial charge in [0.2, 0.25) is 9.47 Å². The van der Waals surface area contributed by atoms with E-state index in [1.54, 1.807) is 24.3 Å². The van der Waals surface area contributed by atoms with E-state index in [2.05, 4.69) is 20.2 Å². The highest BCUT2D eigenvalue weighted by atomic mass is 35.5. The molecule has 2 rings (SSSR count). The molecule has 0 aliphatic carbocycles. The molecular formula is C17H23ClN4O3S2. The number of sulfonamides is 1. The molecule has 0 radical (unpaired) electrons. The summed E-state index contributed by atoms with van der Waals surface area (Å²) in [4.78, 5) is 12.2. The molecule has 1 aromatic carbocycles. The minimum atomic E-state index is -3.85. The zero-order valence-corrected chi connectivity index (χ0v) is 18.2. The molecule has 1 amide bonds. The molecule has 2 aromatic rings. The van der Waals surface area contributed by atoms with Gasteiger partial charge in [0.15, 0.2) is 0 Å². The average Bonchev–Trinajstić information content (AvgIpc) is 2.93. The van der Waals surface area contributed by atoms with Gasteiger partial charge < -0.3 is 0 Å². The van der Waals surface area contributed by atoms with E-state index in [4.69, 9.17) is 11.6 Å². The Labute approximate surface area is 168 Å². The number of nitrogens with zero attached hydrogens (tertiary/aromatic N) is 2. The summed E-state index contributed by atoms with van der Waals surface area (Å²) in [6.45, 7) is 9.76. The van der Waals surface area contributed by atoms with E-state index in [0.717, 1.165) is 11.3 Å². The number of benzene rings is 1. The first kappa shape index (κ1) is 21.7. The van der Waals surface area contributed by atoms with Crippen LogP contribution in [0.2, 0.25) is 5.02 Å². The van der Waals surface area contributed by atoms with E-state index in [9.17, 15) is 13.2 Å². The van der Waals surface area contributed by atoms with Gasteiger partial charge in [-0.05, 0) is 49.9 Å². The lowest BCUT2D eigenvalue weighted by Crippen LogP contribution is -2.45. The van der Waals surface area contributed by atoms with Gasteiger partial charge >= 0.3 is 0 Å². The van der Waals surface area contributed by atoms with Crippen molar-refractivity contribution < 1.29 is 13.2 Å². The Morgan fingerprint density at radius 1 is 1.11 bits per heavy atom. The first-order valence-electron chi connectivity index (χ1n) is 8.22. The Kier molecular flexibility index (Phi) is 6.30. The van der Waals surface area contributed by atoms with Crippen LogP contribution in [0, 0.1) is 5.41 Å². The molecule has 27 heavy (non-hydrogen) atoms. The largest absolute Gasteiger partial charge is 0.296 e. The summed E-state index contributed by atoms with van der Waals surface area (Å²) in [7, 11) is -3.85. The molecule has 0 aliphatic rings. The van der Waals surface area contributed by atoms with Crippen LogP contribution in [-0.2, 0) is 10.0 Å². The summed E-state index contributed by atoms with van der Waals surface area (Å²) in [5.41, 5.74) is -0.330. The van der Waals surface area contributed by atoms with Crippen molar-refractivity contribution in [3.05, 3.63) is 34.9 Å². The van der Waals surface area contributed by atoms with Crippen molar-refractivity contribution in [1.82, 2.24) is 14.9 Å². The third kappa shape index (κ3) is 6.53. The Balaban J connectivity index is 2.11. The van der Waals surface area contributed by atoms with E-state index in [1.807, 2.05) is 34.6 Å². The molecule has 0 aliphatic heterocycles. The minimum Gasteiger partial charge on any atom is -0.296 e. The summed E-state index contributed by atoms with van der Waals surface area (Å²) < 4.78 is 27.7. The quantitative estimate of drug-likeness (QED) is 0.676. The summed E-state index contributed by atoms with van der Waals surface area (Å²) in [5, 5.41) is 10.6. The Hall–Kier alpha value is -1.55. The lowest BCUT2D eigenvalue weighted by atomic mass is 9.82. The molecule has 0 fully saturated rings. The molecule has 0 saturated carbocycles. The predicted molar refractivity (Wildman–Crippen MR) is 108 cm³/mol. The van der Waals surface area contributed by atoms with Gasteiger partial charge in [0.05, 0.1) is 0 Å². The highest BCUT2D eigenvalue weighted by Gasteiger charge is 2.32. The number of rotatable bonds is 6. The molecular weight excluding hydrogens is 408 g/mol. The smallest absolute Gasteiger partial charge is 0.270 e. The van der Waals surface area contributed by atoms with Crippen LogP contribution in [0.1, 0.15) is 51.4 Å².